The van der Waals surface area contributed by atoms with Crippen LogP contribution in [-0.2, 0) is 0 Å². The second-order valence-corrected chi connectivity index (χ2v) is 3.72. The van der Waals surface area contributed by atoms with Gasteiger partial charge >= 0.3 is 0 Å². The fourth-order valence-electron chi connectivity index (χ4n) is 1.77. The van der Waals surface area contributed by atoms with E-state index in [9.17, 15) is 4.39 Å². The lowest BCUT2D eigenvalue weighted by atomic mass is 10.0. The molecule has 0 fully saturated rings. The smallest absolute Gasteiger partial charge is 0.126 e. The van der Waals surface area contributed by atoms with Gasteiger partial charge in [0.2, 0.25) is 0 Å². The van der Waals surface area contributed by atoms with Crippen LogP contribution >= 0.6 is 0 Å². The first-order valence-electron chi connectivity index (χ1n) is 5.11. The maximum Gasteiger partial charge on any atom is 0.126 e. The molecule has 0 heterocycles. The van der Waals surface area contributed by atoms with Crippen LogP contribution in [0.4, 0.5) is 4.39 Å². The summed E-state index contributed by atoms with van der Waals surface area (Å²) in [4.78, 5) is 0. The third kappa shape index (κ3) is 2.06. The van der Waals surface area contributed by atoms with Gasteiger partial charge in [0.05, 0.1) is 7.11 Å². The lowest BCUT2D eigenvalue weighted by Crippen LogP contribution is -1.89. The van der Waals surface area contributed by atoms with E-state index in [1.54, 1.807) is 7.11 Å². The van der Waals surface area contributed by atoms with Crippen molar-refractivity contribution in [3.05, 3.63) is 53.8 Å². The van der Waals surface area contributed by atoms with E-state index in [-0.39, 0.29) is 5.82 Å². The molecule has 0 spiro atoms. The molecule has 0 aliphatic carbocycles. The van der Waals surface area contributed by atoms with Crippen LogP contribution in [0.25, 0.3) is 11.1 Å². The Balaban J connectivity index is 2.58. The van der Waals surface area contributed by atoms with Gasteiger partial charge in [0, 0.05) is 5.56 Å². The second-order valence-electron chi connectivity index (χ2n) is 3.72. The lowest BCUT2D eigenvalue weighted by Gasteiger charge is -2.09. The average molecular weight is 216 g/mol. The molecule has 2 rings (SSSR count). The molecule has 0 bridgehead atoms. The highest BCUT2D eigenvalue weighted by molar-refractivity contribution is 5.70. The van der Waals surface area contributed by atoms with Crippen molar-refractivity contribution in [1.82, 2.24) is 0 Å². The highest BCUT2D eigenvalue weighted by Gasteiger charge is 2.06. The summed E-state index contributed by atoms with van der Waals surface area (Å²) in [5.74, 6) is 0.536. The predicted octanol–water partition coefficient (Wildman–Crippen LogP) is 3.81. The zero-order valence-corrected chi connectivity index (χ0v) is 9.33. The van der Waals surface area contributed by atoms with E-state index in [0.717, 1.165) is 22.4 Å². The largest absolute Gasteiger partial charge is 0.496 e. The van der Waals surface area contributed by atoms with Crippen LogP contribution in [0, 0.1) is 12.7 Å². The fraction of sp³-hybridized carbons (Fsp3) is 0.143. The van der Waals surface area contributed by atoms with Gasteiger partial charge in [-0.1, -0.05) is 24.3 Å². The van der Waals surface area contributed by atoms with E-state index in [0.29, 0.717) is 0 Å². The molecule has 2 aromatic rings. The Labute approximate surface area is 94.5 Å². The molecule has 0 aliphatic rings. The summed E-state index contributed by atoms with van der Waals surface area (Å²) in [6.45, 7) is 1.88. The molecule has 0 unspecified atom stereocenters. The van der Waals surface area contributed by atoms with Crippen molar-refractivity contribution in [3.8, 4) is 16.9 Å². The van der Waals surface area contributed by atoms with Gasteiger partial charge < -0.3 is 4.74 Å². The Hall–Kier alpha value is -1.83. The van der Waals surface area contributed by atoms with Crippen molar-refractivity contribution in [2.45, 2.75) is 6.92 Å². The lowest BCUT2D eigenvalue weighted by molar-refractivity contribution is 0.416. The van der Waals surface area contributed by atoms with Crippen molar-refractivity contribution in [2.24, 2.45) is 0 Å². The first kappa shape index (κ1) is 10.7. The molecule has 0 aliphatic heterocycles. The Kier molecular flexibility index (Phi) is 2.91. The number of benzene rings is 2. The Bertz CT molecular complexity index is 486. The second kappa shape index (κ2) is 4.35. The van der Waals surface area contributed by atoms with Crippen molar-refractivity contribution in [1.29, 1.82) is 0 Å². The van der Waals surface area contributed by atoms with Gasteiger partial charge in [0.25, 0.3) is 0 Å². The van der Waals surface area contributed by atoms with Crippen molar-refractivity contribution in [2.75, 3.05) is 7.11 Å². The topological polar surface area (TPSA) is 9.23 Å². The number of hydrogen-bond donors (Lipinski definition) is 0. The average Bonchev–Trinajstić information content (AvgIpc) is 2.27. The molecule has 16 heavy (non-hydrogen) atoms. The van der Waals surface area contributed by atoms with Gasteiger partial charge in [-0.25, -0.2) is 4.39 Å². The molecule has 0 amide bonds. The van der Waals surface area contributed by atoms with Crippen LogP contribution in [0.15, 0.2) is 42.5 Å². The summed E-state index contributed by atoms with van der Waals surface area (Å²) in [5, 5.41) is 0. The van der Waals surface area contributed by atoms with E-state index < -0.39 is 0 Å². The van der Waals surface area contributed by atoms with Crippen LogP contribution in [0.2, 0.25) is 0 Å². The van der Waals surface area contributed by atoms with Gasteiger partial charge in [-0.3, -0.25) is 0 Å². The van der Waals surface area contributed by atoms with Gasteiger partial charge in [-0.2, -0.15) is 0 Å². The number of hydrogen-bond acceptors (Lipinski definition) is 1. The molecule has 0 saturated carbocycles. The van der Waals surface area contributed by atoms with Crippen LogP contribution < -0.4 is 4.74 Å². The zero-order chi connectivity index (χ0) is 11.5. The normalized spacial score (nSPS) is 10.2. The van der Waals surface area contributed by atoms with E-state index in [2.05, 4.69) is 0 Å². The molecule has 0 radical (unpaired) electrons. The maximum absolute atomic E-state index is 13.3. The minimum Gasteiger partial charge on any atom is -0.496 e. The van der Waals surface area contributed by atoms with Crippen LogP contribution in [0.5, 0.6) is 5.75 Å². The molecule has 1 nitrogen and oxygen atoms in total. The minimum atomic E-state index is -0.221. The fourth-order valence-corrected chi connectivity index (χ4v) is 1.77. The molecule has 0 saturated heterocycles. The molecule has 2 aromatic carbocycles. The summed E-state index contributed by atoms with van der Waals surface area (Å²) in [5.41, 5.74) is 2.66. The van der Waals surface area contributed by atoms with Crippen LogP contribution in [0.3, 0.4) is 0 Å². The number of para-hydroxylation sites is 1. The molecular weight excluding hydrogens is 203 g/mol. The monoisotopic (exact) mass is 216 g/mol. The number of methoxy groups -OCH3 is 1. The quantitative estimate of drug-likeness (QED) is 0.741. The van der Waals surface area contributed by atoms with Gasteiger partial charge in [-0.05, 0) is 36.2 Å². The molecular formula is C14H13FO. The van der Waals surface area contributed by atoms with Crippen molar-refractivity contribution < 1.29 is 9.13 Å². The van der Waals surface area contributed by atoms with Crippen molar-refractivity contribution >= 4 is 0 Å². The van der Waals surface area contributed by atoms with Crippen molar-refractivity contribution in [3.63, 3.8) is 0 Å². The van der Waals surface area contributed by atoms with E-state index in [1.165, 1.54) is 12.1 Å². The summed E-state index contributed by atoms with van der Waals surface area (Å²) in [6, 6.07) is 12.6. The standard InChI is InChI=1S/C14H13FO/c1-10-7-11(9-12(15)8-10)13-5-3-4-6-14(13)16-2/h3-9H,1-2H3. The molecule has 0 atom stereocenters. The predicted molar refractivity (Wildman–Crippen MR) is 63.1 cm³/mol. The summed E-state index contributed by atoms with van der Waals surface area (Å²) in [7, 11) is 1.62. The highest BCUT2D eigenvalue weighted by Crippen LogP contribution is 2.30. The molecule has 2 heteroatoms. The number of aryl methyl sites for hydroxylation is 1. The SMILES string of the molecule is COc1ccccc1-c1cc(C)cc(F)c1. The third-order valence-corrected chi connectivity index (χ3v) is 2.46. The Morgan fingerprint density at radius 3 is 2.50 bits per heavy atom. The zero-order valence-electron chi connectivity index (χ0n) is 9.33. The molecule has 0 N–H and O–H groups in total. The highest BCUT2D eigenvalue weighted by atomic mass is 19.1. The number of rotatable bonds is 2. The minimum absolute atomic E-state index is 0.221. The molecule has 82 valence electrons. The van der Waals surface area contributed by atoms with Crippen LogP contribution in [0.1, 0.15) is 5.56 Å². The van der Waals surface area contributed by atoms with E-state index in [1.807, 2.05) is 37.3 Å². The maximum atomic E-state index is 13.3. The first-order chi connectivity index (χ1) is 7.70. The van der Waals surface area contributed by atoms with Gasteiger partial charge in [-0.15, -0.1) is 0 Å². The Morgan fingerprint density at radius 1 is 1.06 bits per heavy atom. The van der Waals surface area contributed by atoms with Crippen LogP contribution in [-0.4, -0.2) is 7.11 Å². The first-order valence-corrected chi connectivity index (χ1v) is 5.11. The number of halogens is 1. The van der Waals surface area contributed by atoms with Gasteiger partial charge in [0.1, 0.15) is 11.6 Å². The molecule has 0 aromatic heterocycles. The summed E-state index contributed by atoms with van der Waals surface area (Å²) >= 11 is 0. The van der Waals surface area contributed by atoms with Gasteiger partial charge in [0.15, 0.2) is 0 Å². The number of ether oxygens (including phenoxy) is 1. The summed E-state index contributed by atoms with van der Waals surface area (Å²) in [6.07, 6.45) is 0. The Morgan fingerprint density at radius 2 is 1.81 bits per heavy atom. The van der Waals surface area contributed by atoms with E-state index >= 15 is 0 Å². The summed E-state index contributed by atoms with van der Waals surface area (Å²) < 4.78 is 18.6. The van der Waals surface area contributed by atoms with E-state index in [4.69, 9.17) is 4.74 Å². The third-order valence-electron chi connectivity index (χ3n) is 2.46.